The molecule has 0 bridgehead atoms. The normalized spacial score (nSPS) is 19.7. The number of aromatic hydroxyl groups is 2. The molecule has 2 aliphatic rings. The van der Waals surface area contributed by atoms with Gasteiger partial charge in [0.2, 0.25) is 11.3 Å². The first-order valence-corrected chi connectivity index (χ1v) is 10.4. The highest BCUT2D eigenvalue weighted by molar-refractivity contribution is 6.44. The van der Waals surface area contributed by atoms with E-state index in [1.165, 1.54) is 40.8 Å². The van der Waals surface area contributed by atoms with E-state index in [1.807, 2.05) is 0 Å². The van der Waals surface area contributed by atoms with Crippen molar-refractivity contribution in [2.75, 3.05) is 13.1 Å². The number of ether oxygens (including phenoxy) is 1. The van der Waals surface area contributed by atoms with Gasteiger partial charge in [-0.2, -0.15) is 0 Å². The van der Waals surface area contributed by atoms with E-state index >= 15 is 0 Å². The molecular formula is C21H23BN2O9. The molecule has 1 aliphatic carbocycles. The first-order valence-electron chi connectivity index (χ1n) is 10.4. The van der Waals surface area contributed by atoms with Crippen LogP contribution in [-0.4, -0.2) is 73.0 Å². The quantitative estimate of drug-likeness (QED) is 0.355. The van der Waals surface area contributed by atoms with Crippen molar-refractivity contribution in [3.63, 3.8) is 0 Å². The monoisotopic (exact) mass is 458 g/mol. The van der Waals surface area contributed by atoms with Gasteiger partial charge in [0.25, 0.3) is 0 Å². The minimum atomic E-state index is -1.54. The Kier molecular flexibility index (Phi) is 5.81. The molecule has 1 aromatic carbocycles. The van der Waals surface area contributed by atoms with Crippen LogP contribution in [-0.2, 0) is 11.3 Å². The number of carboxylic acids is 1. The number of aromatic nitrogens is 1. The van der Waals surface area contributed by atoms with Gasteiger partial charge in [-0.15, -0.1) is 0 Å². The van der Waals surface area contributed by atoms with Crippen molar-refractivity contribution >= 4 is 19.0 Å². The maximum atomic E-state index is 12.5. The minimum absolute atomic E-state index is 0.0382. The molecule has 11 nitrogen and oxygen atoms in total. The van der Waals surface area contributed by atoms with E-state index in [0.717, 1.165) is 0 Å². The summed E-state index contributed by atoms with van der Waals surface area (Å²) in [6.45, 7) is 1.85. The number of carbonyl (C=O) groups excluding carboxylic acids is 1. The Hall–Kier alpha value is -3.51. The summed E-state index contributed by atoms with van der Waals surface area (Å²) in [5.41, 5.74) is -0.336. The molecule has 0 spiro atoms. The fraction of sp³-hybridized carbons (Fsp3) is 0.381. The lowest BCUT2D eigenvalue weighted by Crippen LogP contribution is -2.57. The second kappa shape index (κ2) is 8.45. The lowest BCUT2D eigenvalue weighted by molar-refractivity contribution is -0.140. The van der Waals surface area contributed by atoms with Gasteiger partial charge in [-0.1, -0.05) is 6.07 Å². The molecule has 1 amide bonds. The fourth-order valence-electron chi connectivity index (χ4n) is 4.07. The van der Waals surface area contributed by atoms with E-state index in [0.29, 0.717) is 12.0 Å². The van der Waals surface area contributed by atoms with Gasteiger partial charge < -0.3 is 39.6 Å². The summed E-state index contributed by atoms with van der Waals surface area (Å²) >= 11 is 0. The van der Waals surface area contributed by atoms with Gasteiger partial charge in [0.05, 0.1) is 18.8 Å². The van der Waals surface area contributed by atoms with Crippen LogP contribution < -0.4 is 10.2 Å². The second-order valence-corrected chi connectivity index (χ2v) is 8.38. The summed E-state index contributed by atoms with van der Waals surface area (Å²) in [6.07, 6.45) is 1.37. The number of pyridine rings is 1. The Morgan fingerprint density at radius 3 is 2.45 bits per heavy atom. The lowest BCUT2D eigenvalue weighted by Gasteiger charge is -2.39. The number of carbonyl (C=O) groups is 2. The maximum absolute atomic E-state index is 12.5. The number of benzene rings is 1. The van der Waals surface area contributed by atoms with E-state index in [-0.39, 0.29) is 42.9 Å². The van der Waals surface area contributed by atoms with Gasteiger partial charge in [0, 0.05) is 18.1 Å². The Morgan fingerprint density at radius 2 is 1.85 bits per heavy atom. The Balaban J connectivity index is 1.40. The number of likely N-dealkylation sites (tertiary alicyclic amines) is 1. The van der Waals surface area contributed by atoms with E-state index < -0.39 is 47.5 Å². The number of nitrogens with zero attached hydrogens (tertiary/aromatic N) is 2. The second-order valence-electron chi connectivity index (χ2n) is 8.38. The van der Waals surface area contributed by atoms with Gasteiger partial charge in [-0.25, -0.2) is 4.79 Å². The van der Waals surface area contributed by atoms with Gasteiger partial charge >= 0.3 is 13.1 Å². The number of phenols is 1. The highest BCUT2D eigenvalue weighted by Gasteiger charge is 2.48. The molecule has 4 rings (SSSR count). The van der Waals surface area contributed by atoms with Crippen molar-refractivity contribution in [1.29, 1.82) is 0 Å². The largest absolute Gasteiger partial charge is 0.507 e. The zero-order chi connectivity index (χ0) is 24.0. The topological polar surface area (TPSA) is 170 Å². The van der Waals surface area contributed by atoms with E-state index in [9.17, 15) is 39.8 Å². The molecule has 2 aromatic rings. The van der Waals surface area contributed by atoms with Crippen LogP contribution in [0, 0.1) is 6.92 Å². The van der Waals surface area contributed by atoms with Crippen LogP contribution in [0.1, 0.15) is 34.0 Å². The standard InChI is InChI=1S/C21H23BN2O9/c1-10-19(27)15(25)4-5-23(10)9-17(26)24-7-11(8-24)33-16-3-2-12(13-6-14(13)22(31)32)20(28)18(16)21(29)30/h2-5,11,13-14,27-28,31-32H,6-9H2,1H3,(H,29,30)/t13?,14-/m1/s1. The third-order valence-corrected chi connectivity index (χ3v) is 6.22. The summed E-state index contributed by atoms with van der Waals surface area (Å²) in [6, 6.07) is 4.11. The minimum Gasteiger partial charge on any atom is -0.507 e. The Bertz CT molecular complexity index is 1170. The highest BCUT2D eigenvalue weighted by Crippen LogP contribution is 2.56. The lowest BCUT2D eigenvalue weighted by atomic mass is 9.81. The summed E-state index contributed by atoms with van der Waals surface area (Å²) in [5, 5.41) is 48.4. The molecule has 2 heterocycles. The number of amides is 1. The van der Waals surface area contributed by atoms with Gasteiger partial charge in [0.1, 0.15) is 29.7 Å². The van der Waals surface area contributed by atoms with Gasteiger partial charge in [0.15, 0.2) is 5.75 Å². The molecule has 174 valence electrons. The predicted molar refractivity (Wildman–Crippen MR) is 114 cm³/mol. The van der Waals surface area contributed by atoms with Crippen molar-refractivity contribution in [3.05, 3.63) is 51.4 Å². The zero-order valence-corrected chi connectivity index (χ0v) is 17.7. The zero-order valence-electron chi connectivity index (χ0n) is 17.7. The number of hydrogen-bond donors (Lipinski definition) is 5. The smallest absolute Gasteiger partial charge is 0.455 e. The van der Waals surface area contributed by atoms with Gasteiger partial charge in [-0.3, -0.25) is 9.59 Å². The molecule has 2 atom stereocenters. The molecule has 33 heavy (non-hydrogen) atoms. The van der Waals surface area contributed by atoms with Crippen molar-refractivity contribution < 1.29 is 39.7 Å². The molecular weight excluding hydrogens is 435 g/mol. The third-order valence-electron chi connectivity index (χ3n) is 6.22. The summed E-state index contributed by atoms with van der Waals surface area (Å²) in [4.78, 5) is 37.2. The summed E-state index contributed by atoms with van der Waals surface area (Å²) < 4.78 is 7.18. The number of rotatable bonds is 7. The molecule has 1 aliphatic heterocycles. The maximum Gasteiger partial charge on any atom is 0.455 e. The van der Waals surface area contributed by atoms with Crippen molar-refractivity contribution in [1.82, 2.24) is 9.47 Å². The molecule has 1 saturated carbocycles. The molecule has 0 radical (unpaired) electrons. The molecule has 12 heteroatoms. The van der Waals surface area contributed by atoms with Crippen LogP contribution in [0.15, 0.2) is 29.2 Å². The van der Waals surface area contributed by atoms with Gasteiger partial charge in [-0.05, 0) is 30.9 Å². The fourth-order valence-corrected chi connectivity index (χ4v) is 4.07. The predicted octanol–water partition coefficient (Wildman–Crippen LogP) is -0.114. The first kappa shape index (κ1) is 22.7. The highest BCUT2D eigenvalue weighted by atomic mass is 16.5. The summed E-state index contributed by atoms with van der Waals surface area (Å²) in [5.74, 6) is -3.36. The summed E-state index contributed by atoms with van der Waals surface area (Å²) in [7, 11) is -1.54. The van der Waals surface area contributed by atoms with Crippen LogP contribution >= 0.6 is 0 Å². The molecule has 1 aromatic heterocycles. The first-order chi connectivity index (χ1) is 15.6. The molecule has 5 N–H and O–H groups in total. The van der Waals surface area contributed by atoms with Crippen molar-refractivity contribution in [2.24, 2.45) is 0 Å². The third kappa shape index (κ3) is 4.26. The number of aromatic carboxylic acids is 1. The van der Waals surface area contributed by atoms with Crippen LogP contribution in [0.4, 0.5) is 0 Å². The average Bonchev–Trinajstić information content (AvgIpc) is 3.51. The Morgan fingerprint density at radius 1 is 1.15 bits per heavy atom. The SMILES string of the molecule is Cc1c(O)c(=O)ccn1CC(=O)N1CC(Oc2ccc(C3C[C@H]3B(O)O)c(O)c2C(=O)O)C1. The van der Waals surface area contributed by atoms with Crippen LogP contribution in [0.2, 0.25) is 5.82 Å². The molecule has 2 fully saturated rings. The number of carboxylic acid groups (broad SMARTS) is 1. The van der Waals surface area contributed by atoms with Crippen molar-refractivity contribution in [2.45, 2.75) is 37.7 Å². The van der Waals surface area contributed by atoms with Crippen LogP contribution in [0.3, 0.4) is 0 Å². The van der Waals surface area contributed by atoms with Crippen LogP contribution in [0.5, 0.6) is 17.2 Å². The Labute approximate surface area is 188 Å². The average molecular weight is 458 g/mol. The molecule has 1 unspecified atom stereocenters. The molecule has 1 saturated heterocycles. The van der Waals surface area contributed by atoms with E-state index in [1.54, 1.807) is 0 Å². The number of hydrogen-bond acceptors (Lipinski definition) is 8. The van der Waals surface area contributed by atoms with E-state index in [2.05, 4.69) is 0 Å². The van der Waals surface area contributed by atoms with Crippen LogP contribution in [0.25, 0.3) is 0 Å². The van der Waals surface area contributed by atoms with E-state index in [4.69, 9.17) is 4.74 Å². The van der Waals surface area contributed by atoms with Crippen molar-refractivity contribution in [3.8, 4) is 17.2 Å².